The Kier molecular flexibility index (Phi) is 20.3. The minimum absolute atomic E-state index is 0.216. The van der Waals surface area contributed by atoms with E-state index in [1.54, 1.807) is 83.4 Å². The maximum atomic E-state index is 9.65. The predicted molar refractivity (Wildman–Crippen MR) is 338 cm³/mol. The van der Waals surface area contributed by atoms with E-state index in [9.17, 15) is 15.3 Å². The van der Waals surface area contributed by atoms with Gasteiger partial charge in [-0.25, -0.2) is 28.5 Å². The molecule has 6 atom stereocenters. The maximum absolute atomic E-state index is 9.65. The first-order chi connectivity index (χ1) is 43.3. The highest BCUT2D eigenvalue weighted by Gasteiger charge is 2.21. The average molecular weight is 1230 g/mol. The van der Waals surface area contributed by atoms with Gasteiger partial charge in [-0.05, 0) is 76.0 Å². The molecule has 0 saturated carbocycles. The number of aromatic nitrogens is 21. The summed E-state index contributed by atoms with van der Waals surface area (Å²) < 4.78 is 16.1. The minimum atomic E-state index is -0.853. The molecule has 0 aliphatic heterocycles. The van der Waals surface area contributed by atoms with E-state index in [4.69, 9.17) is 30.3 Å². The highest BCUT2D eigenvalue weighted by Crippen LogP contribution is 2.32. The number of rotatable bonds is 24. The van der Waals surface area contributed by atoms with Crippen molar-refractivity contribution in [2.75, 3.05) is 19.8 Å². The van der Waals surface area contributed by atoms with Gasteiger partial charge in [0.15, 0.2) is 0 Å². The first kappa shape index (κ1) is 63.9. The molecule has 90 heavy (non-hydrogen) atoms. The zero-order valence-electron chi connectivity index (χ0n) is 52.3. The molecule has 0 unspecified atom stereocenters. The van der Waals surface area contributed by atoms with E-state index in [1.165, 1.54) is 0 Å². The first-order valence-electron chi connectivity index (χ1n) is 30.4. The monoisotopic (exact) mass is 1230 g/mol. The van der Waals surface area contributed by atoms with Crippen molar-refractivity contribution >= 4 is 16.6 Å². The molecule has 0 aliphatic rings. The van der Waals surface area contributed by atoms with E-state index in [2.05, 4.69) is 108 Å². The molecule has 12 aromatic heterocycles. The Bertz CT molecular complexity index is 3810. The van der Waals surface area contributed by atoms with Crippen LogP contribution in [-0.4, -0.2) is 171 Å². The van der Waals surface area contributed by atoms with E-state index in [0.29, 0.717) is 53.0 Å². The molecule has 0 radical (unpaired) electrons. The van der Waals surface area contributed by atoms with E-state index < -0.39 is 18.3 Å². The molecular weight excluding hydrogens is 1150 g/mol. The summed E-state index contributed by atoms with van der Waals surface area (Å²) in [4.78, 5) is 14.6. The van der Waals surface area contributed by atoms with Crippen molar-refractivity contribution in [3.05, 3.63) is 130 Å². The summed E-state index contributed by atoms with van der Waals surface area (Å²) in [6.45, 7) is 19.5. The van der Waals surface area contributed by atoms with Crippen molar-refractivity contribution in [1.29, 1.82) is 0 Å². The lowest BCUT2D eigenvalue weighted by Gasteiger charge is -2.14. The van der Waals surface area contributed by atoms with Crippen LogP contribution in [0.5, 0.6) is 0 Å². The van der Waals surface area contributed by atoms with Crippen LogP contribution < -0.4 is 0 Å². The largest absolute Gasteiger partial charge is 0.394 e. The second kappa shape index (κ2) is 28.6. The fourth-order valence-electron chi connectivity index (χ4n) is 10.9. The van der Waals surface area contributed by atoms with Crippen LogP contribution in [0.25, 0.3) is 84.1 Å². The maximum Gasteiger partial charge on any atom is 0.0999 e. The summed E-state index contributed by atoms with van der Waals surface area (Å²) >= 11 is 0. The minimum Gasteiger partial charge on any atom is -0.394 e. The fraction of sp³-hybridized carbons (Fsp3) is 0.429. The molecular formula is C63H81N21O6. The van der Waals surface area contributed by atoms with E-state index in [-0.39, 0.29) is 39.5 Å². The molecule has 12 heterocycles. The van der Waals surface area contributed by atoms with Gasteiger partial charge in [0.1, 0.15) is 0 Å². The van der Waals surface area contributed by atoms with Crippen molar-refractivity contribution in [2.24, 2.45) is 17.8 Å². The Hall–Kier alpha value is -9.12. The molecule has 12 aromatic rings. The molecule has 0 aliphatic carbocycles. The third-order valence-electron chi connectivity index (χ3n) is 15.2. The van der Waals surface area contributed by atoms with Gasteiger partial charge in [-0.15, -0.1) is 0 Å². The van der Waals surface area contributed by atoms with E-state index in [0.717, 1.165) is 86.3 Å². The summed E-state index contributed by atoms with van der Waals surface area (Å²) in [5.41, 5.74) is 12.5. The van der Waals surface area contributed by atoms with Crippen molar-refractivity contribution in [1.82, 2.24) is 102 Å². The van der Waals surface area contributed by atoms with Crippen molar-refractivity contribution in [3.63, 3.8) is 0 Å². The smallest absolute Gasteiger partial charge is 0.0999 e. The van der Waals surface area contributed by atoms with Crippen LogP contribution >= 0.6 is 0 Å². The van der Waals surface area contributed by atoms with Crippen LogP contribution in [0.15, 0.2) is 130 Å². The zero-order chi connectivity index (χ0) is 63.8. The van der Waals surface area contributed by atoms with Crippen LogP contribution in [-0.2, 0) is 19.6 Å². The van der Waals surface area contributed by atoms with E-state index in [1.807, 2.05) is 88.0 Å². The number of fused-ring (bicyclic) bond motifs is 3. The molecule has 0 saturated heterocycles. The highest BCUT2D eigenvalue weighted by molar-refractivity contribution is 5.80. The Morgan fingerprint density at radius 1 is 0.333 bits per heavy atom. The normalized spacial score (nSPS) is 13.9. The van der Waals surface area contributed by atoms with Crippen LogP contribution in [0.1, 0.15) is 99.7 Å². The molecule has 27 nitrogen and oxygen atoms in total. The summed E-state index contributed by atoms with van der Waals surface area (Å²) in [6, 6.07) is 6.71. The summed E-state index contributed by atoms with van der Waals surface area (Å²) in [7, 11) is 0. The summed E-state index contributed by atoms with van der Waals surface area (Å²) in [5.74, 6) is 1.78. The number of aliphatic hydroxyl groups is 6. The Labute approximate surface area is 520 Å². The standard InChI is InChI=1S/3C21H27N7O2/c3*1-14(2)6-15(3)27-10-17(8-24-27)21-20-4-5-22-28(20)12-19(25-21)16-7-23-26(9-16)11-18(30)13-29/h3*4-5,7-10,12,14-15,18,29-30H,6,11,13H2,1-3H3/t15-,18+;2*15-,18-/m110/s1. The first-order valence-corrected chi connectivity index (χ1v) is 30.4. The van der Waals surface area contributed by atoms with Gasteiger partial charge in [-0.1, -0.05) is 41.5 Å². The number of aliphatic hydroxyl groups excluding tert-OH is 6. The highest BCUT2D eigenvalue weighted by atomic mass is 16.3. The Morgan fingerprint density at radius 3 is 0.856 bits per heavy atom. The molecule has 474 valence electrons. The molecule has 0 fully saturated rings. The van der Waals surface area contributed by atoms with Gasteiger partial charge < -0.3 is 30.6 Å². The van der Waals surface area contributed by atoms with Gasteiger partial charge in [0, 0.05) is 88.7 Å². The SMILES string of the molecule is CC(C)C[C@@H](C)n1cc(-c2nc(-c3cnn(C[C@@H](O)CO)c3)cn3nccc23)cn1.CC(C)C[C@@H](C)n1cc(-c2nc(-c3cnn(C[C@H](O)CO)c3)cn3nccc23)cn1.CC(C)C[C@H](C)n1cc(-c2nc(-c3cnn(C[C@H](O)CO)c3)cn3nccc23)cn1. The van der Waals surface area contributed by atoms with Gasteiger partial charge >= 0.3 is 0 Å². The number of hydrogen-bond donors (Lipinski definition) is 6. The third-order valence-corrected chi connectivity index (χ3v) is 15.2. The van der Waals surface area contributed by atoms with Gasteiger partial charge in [-0.2, -0.15) is 45.9 Å². The molecule has 12 rings (SSSR count). The lowest BCUT2D eigenvalue weighted by molar-refractivity contribution is 0.0782. The van der Waals surface area contributed by atoms with Gasteiger partial charge in [0.25, 0.3) is 0 Å². The van der Waals surface area contributed by atoms with Crippen LogP contribution in [0.4, 0.5) is 0 Å². The summed E-state index contributed by atoms with van der Waals surface area (Å²) in [6.07, 6.45) is 33.5. The molecule has 0 aromatic carbocycles. The van der Waals surface area contributed by atoms with Crippen molar-refractivity contribution in [2.45, 2.75) is 138 Å². The number of hydrogen-bond acceptors (Lipinski definition) is 18. The molecule has 6 N–H and O–H groups in total. The van der Waals surface area contributed by atoms with Crippen molar-refractivity contribution < 1.29 is 30.6 Å². The molecule has 0 bridgehead atoms. The zero-order valence-corrected chi connectivity index (χ0v) is 52.3. The lowest BCUT2D eigenvalue weighted by atomic mass is 10.1. The average Bonchev–Trinajstić information content (AvgIpc) is 2.15. The van der Waals surface area contributed by atoms with Crippen LogP contribution in [0, 0.1) is 17.8 Å². The number of nitrogens with zero attached hydrogens (tertiary/aromatic N) is 21. The second-order valence-corrected chi connectivity index (χ2v) is 24.3. The molecule has 27 heteroatoms. The second-order valence-electron chi connectivity index (χ2n) is 24.3. The lowest BCUT2D eigenvalue weighted by Crippen LogP contribution is -2.19. The van der Waals surface area contributed by atoms with Crippen LogP contribution in [0.2, 0.25) is 0 Å². The van der Waals surface area contributed by atoms with Gasteiger partial charge in [-0.3, -0.25) is 28.1 Å². The summed E-state index contributed by atoms with van der Waals surface area (Å²) in [5, 5.41) is 95.7. The predicted octanol–water partition coefficient (Wildman–Crippen LogP) is 7.25. The Morgan fingerprint density at radius 2 is 0.600 bits per heavy atom. The van der Waals surface area contributed by atoms with Gasteiger partial charge in [0.2, 0.25) is 0 Å². The topological polar surface area (TPSA) is 319 Å². The van der Waals surface area contributed by atoms with E-state index >= 15 is 0 Å². The Balaban J connectivity index is 0.000000148. The molecule has 0 amide bonds. The fourth-order valence-corrected chi connectivity index (χ4v) is 10.9. The quantitative estimate of drug-likeness (QED) is 0.0347. The van der Waals surface area contributed by atoms with Crippen LogP contribution in [0.3, 0.4) is 0 Å². The van der Waals surface area contributed by atoms with Crippen molar-refractivity contribution in [3.8, 4) is 67.5 Å². The van der Waals surface area contributed by atoms with Gasteiger partial charge in [0.05, 0.1) is 183 Å². The molecule has 0 spiro atoms. The third kappa shape index (κ3) is 15.3.